The lowest BCUT2D eigenvalue weighted by molar-refractivity contribution is -0.897. The van der Waals surface area contributed by atoms with Crippen LogP contribution in [0.2, 0.25) is 0 Å². The highest BCUT2D eigenvalue weighted by Gasteiger charge is 2.27. The fraction of sp³-hybridized carbons (Fsp3) is 1.00. The van der Waals surface area contributed by atoms with Crippen LogP contribution in [0.25, 0.3) is 0 Å². The van der Waals surface area contributed by atoms with Crippen molar-refractivity contribution in [3.05, 3.63) is 0 Å². The van der Waals surface area contributed by atoms with E-state index in [4.69, 9.17) is 13.8 Å². The van der Waals surface area contributed by atoms with Crippen LogP contribution in [-0.4, -0.2) is 57.6 Å². The van der Waals surface area contributed by atoms with Gasteiger partial charge in [-0.1, -0.05) is 110 Å². The molecule has 0 radical (unpaired) electrons. The molecule has 1 rings (SSSR count). The maximum atomic E-state index is 12.0. The molecular weight excluding hydrogens is 473 g/mol. The average molecular weight is 534 g/mol. The molecule has 36 heavy (non-hydrogen) atoms. The van der Waals surface area contributed by atoms with Gasteiger partial charge < -0.3 is 23.2 Å². The monoisotopic (exact) mass is 533 g/mol. The zero-order valence-corrected chi connectivity index (χ0v) is 25.1. The van der Waals surface area contributed by atoms with E-state index in [1.165, 1.54) is 109 Å². The third-order valence-corrected chi connectivity index (χ3v) is 8.55. The second-order valence-corrected chi connectivity index (χ2v) is 13.0. The van der Waals surface area contributed by atoms with Gasteiger partial charge in [0.25, 0.3) is 7.82 Å². The summed E-state index contributed by atoms with van der Waals surface area (Å²) in [6.07, 6.45) is 24.2. The zero-order chi connectivity index (χ0) is 26.4. The average Bonchev–Trinajstić information content (AvgIpc) is 3.28. The minimum absolute atomic E-state index is 0.0278. The molecule has 2 atom stereocenters. The molecule has 1 aliphatic rings. The highest BCUT2D eigenvalue weighted by Crippen LogP contribution is 2.38. The number of likely N-dealkylation sites (tertiary alicyclic amines) is 1. The number of phosphoric ester groups is 1. The number of quaternary nitrogens is 1. The molecule has 0 aromatic heterocycles. The predicted molar refractivity (Wildman–Crippen MR) is 149 cm³/mol. The van der Waals surface area contributed by atoms with Crippen molar-refractivity contribution >= 4 is 7.82 Å². The first-order chi connectivity index (χ1) is 17.4. The van der Waals surface area contributed by atoms with Gasteiger partial charge in [-0.2, -0.15) is 0 Å². The van der Waals surface area contributed by atoms with Crippen molar-refractivity contribution < 1.29 is 27.7 Å². The molecule has 0 saturated carbocycles. The van der Waals surface area contributed by atoms with Gasteiger partial charge in [-0.05, 0) is 6.42 Å². The standard InChI is InChI=1S/C29H60NO5P/c1-4-5-6-7-8-9-10-11-12-13-14-15-16-17-18-21-25-33-27-29(2)28-35-36(31,32)34-26-24-30(3)22-19-20-23-30/h29H,4-28H2,1-3H3/t29-/m0/s1. The van der Waals surface area contributed by atoms with Crippen molar-refractivity contribution in [2.45, 2.75) is 129 Å². The van der Waals surface area contributed by atoms with Gasteiger partial charge >= 0.3 is 0 Å². The van der Waals surface area contributed by atoms with E-state index in [1.54, 1.807) is 0 Å². The third kappa shape index (κ3) is 20.1. The van der Waals surface area contributed by atoms with Gasteiger partial charge in [0.1, 0.15) is 13.2 Å². The van der Waals surface area contributed by atoms with Crippen LogP contribution in [0.1, 0.15) is 129 Å². The zero-order valence-electron chi connectivity index (χ0n) is 24.2. The first-order valence-electron chi connectivity index (χ1n) is 15.4. The minimum atomic E-state index is -4.23. The lowest BCUT2D eigenvalue weighted by atomic mass is 10.0. The summed E-state index contributed by atoms with van der Waals surface area (Å²) >= 11 is 0. The summed E-state index contributed by atoms with van der Waals surface area (Å²) in [4.78, 5) is 12.0. The smallest absolute Gasteiger partial charge is 0.268 e. The summed E-state index contributed by atoms with van der Waals surface area (Å²) in [6.45, 7) is 8.72. The molecule has 1 unspecified atom stereocenters. The van der Waals surface area contributed by atoms with E-state index in [0.29, 0.717) is 13.2 Å². The van der Waals surface area contributed by atoms with Crippen molar-refractivity contribution in [3.63, 3.8) is 0 Å². The lowest BCUT2D eigenvalue weighted by Crippen LogP contribution is -2.43. The quantitative estimate of drug-likeness (QED) is 0.0649. The number of phosphoric acid groups is 1. The van der Waals surface area contributed by atoms with E-state index in [9.17, 15) is 9.46 Å². The summed E-state index contributed by atoms with van der Waals surface area (Å²) in [5.41, 5.74) is 0. The third-order valence-electron chi connectivity index (χ3n) is 7.59. The van der Waals surface area contributed by atoms with Gasteiger partial charge in [0.05, 0.1) is 33.4 Å². The Morgan fingerprint density at radius 2 is 1.19 bits per heavy atom. The molecule has 1 aliphatic heterocycles. The molecule has 216 valence electrons. The van der Waals surface area contributed by atoms with Crippen molar-refractivity contribution in [1.29, 1.82) is 0 Å². The Morgan fingerprint density at radius 3 is 1.69 bits per heavy atom. The molecule has 6 nitrogen and oxygen atoms in total. The fourth-order valence-electron chi connectivity index (χ4n) is 5.04. The Kier molecular flexibility index (Phi) is 20.7. The second-order valence-electron chi connectivity index (χ2n) is 11.6. The molecule has 0 aromatic rings. The topological polar surface area (TPSA) is 67.8 Å². The SMILES string of the molecule is CCCCCCCCCCCCCCCCCCOC[C@H](C)COP(=O)([O-])OCC[N+]1(C)CCCC1. The minimum Gasteiger partial charge on any atom is -0.756 e. The molecule has 1 heterocycles. The van der Waals surface area contributed by atoms with Crippen LogP contribution in [0.5, 0.6) is 0 Å². The van der Waals surface area contributed by atoms with Crippen LogP contribution in [0, 0.1) is 5.92 Å². The Balaban J connectivity index is 1.82. The van der Waals surface area contributed by atoms with E-state index in [0.717, 1.165) is 30.6 Å². The maximum absolute atomic E-state index is 12.0. The summed E-state index contributed by atoms with van der Waals surface area (Å²) in [5, 5.41) is 0. The van der Waals surface area contributed by atoms with E-state index >= 15 is 0 Å². The predicted octanol–water partition coefficient (Wildman–Crippen LogP) is 7.64. The van der Waals surface area contributed by atoms with Crippen molar-refractivity contribution in [1.82, 2.24) is 0 Å². The van der Waals surface area contributed by atoms with Crippen LogP contribution < -0.4 is 4.89 Å². The van der Waals surface area contributed by atoms with Crippen LogP contribution in [-0.2, 0) is 18.3 Å². The normalized spacial score (nSPS) is 17.9. The Hall–Kier alpha value is 0.0300. The molecule has 7 heteroatoms. The Bertz CT molecular complexity index is 542. The molecule has 0 spiro atoms. The van der Waals surface area contributed by atoms with Gasteiger partial charge in [0.2, 0.25) is 0 Å². The highest BCUT2D eigenvalue weighted by atomic mass is 31.2. The van der Waals surface area contributed by atoms with Gasteiger partial charge in [0, 0.05) is 25.4 Å². The Labute approximate surface area is 224 Å². The molecule has 1 saturated heterocycles. The molecule has 0 aliphatic carbocycles. The van der Waals surface area contributed by atoms with Crippen LogP contribution in [0.3, 0.4) is 0 Å². The van der Waals surface area contributed by atoms with Crippen molar-refractivity contribution in [2.75, 3.05) is 53.1 Å². The van der Waals surface area contributed by atoms with E-state index in [-0.39, 0.29) is 19.1 Å². The van der Waals surface area contributed by atoms with Gasteiger partial charge in [0.15, 0.2) is 0 Å². The number of hydrogen-bond donors (Lipinski definition) is 0. The first kappa shape index (κ1) is 34.1. The van der Waals surface area contributed by atoms with E-state index in [1.807, 2.05) is 6.92 Å². The Morgan fingerprint density at radius 1 is 0.722 bits per heavy atom. The highest BCUT2D eigenvalue weighted by molar-refractivity contribution is 7.45. The second kappa shape index (κ2) is 21.9. The largest absolute Gasteiger partial charge is 0.756 e. The van der Waals surface area contributed by atoms with E-state index in [2.05, 4.69) is 14.0 Å². The molecule has 0 bridgehead atoms. The number of nitrogens with zero attached hydrogens (tertiary/aromatic N) is 1. The van der Waals surface area contributed by atoms with Crippen LogP contribution in [0.4, 0.5) is 0 Å². The maximum Gasteiger partial charge on any atom is 0.268 e. The summed E-state index contributed by atoms with van der Waals surface area (Å²) < 4.78 is 28.7. The molecule has 1 fully saturated rings. The van der Waals surface area contributed by atoms with Gasteiger partial charge in [-0.25, -0.2) is 0 Å². The first-order valence-corrected chi connectivity index (χ1v) is 16.8. The van der Waals surface area contributed by atoms with Crippen LogP contribution >= 0.6 is 7.82 Å². The summed E-state index contributed by atoms with van der Waals surface area (Å²) in [5.74, 6) is 0.0278. The lowest BCUT2D eigenvalue weighted by Gasteiger charge is -2.31. The molecular formula is C29H60NO5P. The fourth-order valence-corrected chi connectivity index (χ4v) is 5.85. The number of hydrogen-bond acceptors (Lipinski definition) is 5. The molecule has 0 amide bonds. The van der Waals surface area contributed by atoms with Crippen LogP contribution in [0.15, 0.2) is 0 Å². The van der Waals surface area contributed by atoms with E-state index < -0.39 is 7.82 Å². The van der Waals surface area contributed by atoms with Gasteiger partial charge in [-0.15, -0.1) is 0 Å². The number of likely N-dealkylation sites (N-methyl/N-ethyl adjacent to an activating group) is 1. The molecule has 0 aromatic carbocycles. The van der Waals surface area contributed by atoms with Gasteiger partial charge in [-0.3, -0.25) is 4.57 Å². The molecule has 0 N–H and O–H groups in total. The number of unbranched alkanes of at least 4 members (excludes halogenated alkanes) is 15. The summed E-state index contributed by atoms with van der Waals surface area (Å²) in [6, 6.07) is 0. The van der Waals surface area contributed by atoms with Crippen molar-refractivity contribution in [3.8, 4) is 0 Å². The van der Waals surface area contributed by atoms with Crippen molar-refractivity contribution in [2.24, 2.45) is 5.92 Å². The number of rotatable bonds is 26. The number of ether oxygens (including phenoxy) is 1. The summed E-state index contributed by atoms with van der Waals surface area (Å²) in [7, 11) is -2.07.